The van der Waals surface area contributed by atoms with E-state index in [1.54, 1.807) is 53.8 Å². The molecule has 0 radical (unpaired) electrons. The van der Waals surface area contributed by atoms with Crippen LogP contribution in [0.15, 0.2) is 85.5 Å². The lowest BCUT2D eigenvalue weighted by Gasteiger charge is -2.39. The van der Waals surface area contributed by atoms with Gasteiger partial charge >= 0.3 is 0 Å². The van der Waals surface area contributed by atoms with Crippen LogP contribution >= 0.6 is 0 Å². The first-order valence-electron chi connectivity index (χ1n) is 14.8. The third kappa shape index (κ3) is 7.61. The number of likely N-dealkylation sites (tertiary alicyclic amines) is 1. The number of carbonyl (C=O) groups excluding carboxylic acids is 3. The molecule has 0 saturated carbocycles. The van der Waals surface area contributed by atoms with Crippen LogP contribution in [0, 0.1) is 5.82 Å². The van der Waals surface area contributed by atoms with Crippen molar-refractivity contribution in [2.24, 2.45) is 0 Å². The number of nitrogens with one attached hydrogen (secondary N) is 2. The molecule has 2 aliphatic heterocycles. The molecule has 4 heterocycles. The molecule has 2 atom stereocenters. The number of carbonyl (C=O) groups is 3. The molecule has 6 rings (SSSR count). The molecule has 10 nitrogen and oxygen atoms in total. The van der Waals surface area contributed by atoms with Crippen LogP contribution in [0.1, 0.15) is 34.3 Å². The quantitative estimate of drug-likeness (QED) is 0.363. The summed E-state index contributed by atoms with van der Waals surface area (Å²) in [5, 5.41) is 5.80. The molecule has 230 valence electrons. The summed E-state index contributed by atoms with van der Waals surface area (Å²) in [4.78, 5) is 49.5. The molecule has 2 aliphatic rings. The fraction of sp³-hybridized carbons (Fsp3) is 0.265. The number of ether oxygens (including phenoxy) is 2. The van der Waals surface area contributed by atoms with E-state index in [1.165, 1.54) is 18.3 Å². The van der Waals surface area contributed by atoms with Gasteiger partial charge in [0.05, 0.1) is 11.6 Å². The number of hydrogen-bond acceptors (Lipinski definition) is 7. The first-order valence-corrected chi connectivity index (χ1v) is 14.8. The van der Waals surface area contributed by atoms with Crippen LogP contribution < -0.4 is 20.1 Å². The Hall–Kier alpha value is -5.32. The van der Waals surface area contributed by atoms with Gasteiger partial charge in [-0.2, -0.15) is 0 Å². The summed E-state index contributed by atoms with van der Waals surface area (Å²) in [6.07, 6.45) is 7.25. The molecule has 45 heavy (non-hydrogen) atoms. The summed E-state index contributed by atoms with van der Waals surface area (Å²) in [6.45, 7) is 0.462. The van der Waals surface area contributed by atoms with E-state index in [-0.39, 0.29) is 43.2 Å². The van der Waals surface area contributed by atoms with Crippen molar-refractivity contribution >= 4 is 17.7 Å². The highest BCUT2D eigenvalue weighted by Crippen LogP contribution is 2.26. The lowest BCUT2D eigenvalue weighted by atomic mass is 9.99. The zero-order valence-electron chi connectivity index (χ0n) is 24.4. The van der Waals surface area contributed by atoms with Crippen molar-refractivity contribution < 1.29 is 28.2 Å². The number of aryl methyl sites for hydroxylation is 1. The first-order chi connectivity index (χ1) is 21.9. The predicted molar refractivity (Wildman–Crippen MR) is 163 cm³/mol. The summed E-state index contributed by atoms with van der Waals surface area (Å²) < 4.78 is 26.6. The highest BCUT2D eigenvalue weighted by Gasteiger charge is 2.34. The second-order valence-corrected chi connectivity index (χ2v) is 11.1. The van der Waals surface area contributed by atoms with E-state index in [4.69, 9.17) is 9.47 Å². The molecule has 2 N–H and O–H groups in total. The van der Waals surface area contributed by atoms with Crippen LogP contribution in [0.2, 0.25) is 0 Å². The smallest absolute Gasteiger partial charge is 0.258 e. The molecule has 11 heteroatoms. The maximum atomic E-state index is 14.7. The Morgan fingerprint density at radius 1 is 0.956 bits per heavy atom. The Morgan fingerprint density at radius 2 is 1.84 bits per heavy atom. The molecule has 1 saturated heterocycles. The van der Waals surface area contributed by atoms with E-state index >= 15 is 0 Å². The van der Waals surface area contributed by atoms with Gasteiger partial charge in [-0.3, -0.25) is 24.4 Å². The fourth-order valence-electron chi connectivity index (χ4n) is 5.50. The summed E-state index contributed by atoms with van der Waals surface area (Å²) in [7, 11) is 0. The second kappa shape index (κ2) is 13.5. The molecule has 1 fully saturated rings. The highest BCUT2D eigenvalue weighted by atomic mass is 19.1. The fourth-order valence-corrected chi connectivity index (χ4v) is 5.50. The van der Waals surface area contributed by atoms with Gasteiger partial charge in [0, 0.05) is 68.9 Å². The number of amides is 3. The van der Waals surface area contributed by atoms with Crippen LogP contribution in [0.4, 0.5) is 4.39 Å². The van der Waals surface area contributed by atoms with Gasteiger partial charge in [0.15, 0.2) is 6.61 Å². The summed E-state index contributed by atoms with van der Waals surface area (Å²) in [5.74, 6) is -0.598. The van der Waals surface area contributed by atoms with E-state index in [0.29, 0.717) is 48.2 Å². The number of fused-ring (bicyclic) bond motifs is 8. The highest BCUT2D eigenvalue weighted by molar-refractivity contribution is 5.95. The lowest BCUT2D eigenvalue weighted by molar-refractivity contribution is -0.133. The minimum Gasteiger partial charge on any atom is -0.488 e. The van der Waals surface area contributed by atoms with E-state index < -0.39 is 18.0 Å². The van der Waals surface area contributed by atoms with Gasteiger partial charge in [-0.15, -0.1) is 0 Å². The SMILES string of the molecule is O=C1COc2cccc(c2)-c2cncc(c2)C(=O)N[C@@H]2CN(C(=O)CCc3cccnc3)CC[C@@H]2Oc2cc(F)cc(c2)CN1. The van der Waals surface area contributed by atoms with Gasteiger partial charge in [-0.05, 0) is 59.5 Å². The summed E-state index contributed by atoms with van der Waals surface area (Å²) >= 11 is 0. The number of aromatic nitrogens is 2. The molecule has 0 spiro atoms. The maximum Gasteiger partial charge on any atom is 0.258 e. The van der Waals surface area contributed by atoms with Gasteiger partial charge in [-0.25, -0.2) is 4.39 Å². The van der Waals surface area contributed by atoms with Crippen molar-refractivity contribution in [1.29, 1.82) is 0 Å². The molecule has 0 unspecified atom stereocenters. The Balaban J connectivity index is 1.28. The average Bonchev–Trinajstić information content (AvgIpc) is 3.06. The van der Waals surface area contributed by atoms with Crippen molar-refractivity contribution in [3.05, 3.63) is 108 Å². The Bertz CT molecular complexity index is 1700. The van der Waals surface area contributed by atoms with Crippen molar-refractivity contribution in [2.45, 2.75) is 38.0 Å². The standard InChI is InChI=1S/C34H32FN5O5/c35-27-11-23-12-29(15-27)45-31-8-10-40(33(42)7-6-22-3-2-9-36-16-22)20-30(31)39-34(43)26-13-25(18-37-19-26)24-4-1-5-28(14-24)44-21-32(41)38-17-23/h1-5,9,11-16,18-19,30-31H,6-8,10,17,20-21H2,(H,38,41)(H,39,43)/t30-,31+/m1/s1. The minimum atomic E-state index is -0.595. The molecular formula is C34H32FN5O5. The number of pyridine rings is 2. The van der Waals surface area contributed by atoms with Crippen molar-refractivity contribution in [1.82, 2.24) is 25.5 Å². The third-order valence-corrected chi connectivity index (χ3v) is 7.81. The molecule has 2 aromatic heterocycles. The summed E-state index contributed by atoms with van der Waals surface area (Å²) in [6, 6.07) is 16.3. The van der Waals surface area contributed by atoms with Crippen LogP contribution in [0.3, 0.4) is 0 Å². The number of rotatable bonds is 3. The summed E-state index contributed by atoms with van der Waals surface area (Å²) in [5.41, 5.74) is 3.23. The molecule has 0 aliphatic carbocycles. The average molecular weight is 610 g/mol. The molecular weight excluding hydrogens is 577 g/mol. The molecule has 4 aromatic rings. The zero-order valence-corrected chi connectivity index (χ0v) is 24.4. The number of halogens is 1. The Morgan fingerprint density at radius 3 is 2.71 bits per heavy atom. The number of nitrogens with zero attached hydrogens (tertiary/aromatic N) is 3. The Kier molecular flexibility index (Phi) is 8.95. The number of piperidine rings is 1. The van der Waals surface area contributed by atoms with E-state index in [0.717, 1.165) is 11.1 Å². The molecule has 2 aromatic carbocycles. The topological polar surface area (TPSA) is 123 Å². The van der Waals surface area contributed by atoms with Gasteiger partial charge in [-0.1, -0.05) is 18.2 Å². The van der Waals surface area contributed by atoms with Gasteiger partial charge < -0.3 is 25.0 Å². The normalized spacial score (nSPS) is 18.5. The Labute approximate surface area is 259 Å². The minimum absolute atomic E-state index is 0.0448. The van der Waals surface area contributed by atoms with E-state index in [2.05, 4.69) is 20.6 Å². The largest absolute Gasteiger partial charge is 0.488 e. The zero-order chi connectivity index (χ0) is 31.2. The van der Waals surface area contributed by atoms with Crippen molar-refractivity contribution in [3.8, 4) is 22.6 Å². The monoisotopic (exact) mass is 609 g/mol. The van der Waals surface area contributed by atoms with Crippen molar-refractivity contribution in [3.63, 3.8) is 0 Å². The predicted octanol–water partition coefficient (Wildman–Crippen LogP) is 3.70. The lowest BCUT2D eigenvalue weighted by Crippen LogP contribution is -2.58. The first kappa shape index (κ1) is 29.7. The second-order valence-electron chi connectivity index (χ2n) is 11.1. The van der Waals surface area contributed by atoms with Gasteiger partial charge in [0.1, 0.15) is 23.4 Å². The van der Waals surface area contributed by atoms with Crippen LogP contribution in [0.5, 0.6) is 11.5 Å². The maximum absolute atomic E-state index is 14.7. The van der Waals surface area contributed by atoms with Gasteiger partial charge in [0.25, 0.3) is 11.8 Å². The number of hydrogen-bond donors (Lipinski definition) is 2. The third-order valence-electron chi connectivity index (χ3n) is 7.81. The number of benzene rings is 2. The van der Waals surface area contributed by atoms with Crippen LogP contribution in [0.25, 0.3) is 11.1 Å². The van der Waals surface area contributed by atoms with Gasteiger partial charge in [0.2, 0.25) is 5.91 Å². The van der Waals surface area contributed by atoms with Crippen LogP contribution in [-0.4, -0.2) is 64.4 Å². The van der Waals surface area contributed by atoms with Crippen LogP contribution in [-0.2, 0) is 22.6 Å². The van der Waals surface area contributed by atoms with Crippen molar-refractivity contribution in [2.75, 3.05) is 19.7 Å². The molecule has 3 amide bonds. The molecule has 6 bridgehead atoms. The van der Waals surface area contributed by atoms with E-state index in [1.807, 2.05) is 18.2 Å². The van der Waals surface area contributed by atoms with E-state index in [9.17, 15) is 18.8 Å².